The molecule has 0 fully saturated rings. The van der Waals surface area contributed by atoms with Crippen molar-refractivity contribution < 1.29 is 9.90 Å². The summed E-state index contributed by atoms with van der Waals surface area (Å²) < 4.78 is 1.87. The molecule has 0 radical (unpaired) electrons. The summed E-state index contributed by atoms with van der Waals surface area (Å²) in [5.41, 5.74) is 4.21. The van der Waals surface area contributed by atoms with E-state index in [0.717, 1.165) is 48.6 Å². The Bertz CT molecular complexity index is 1030. The van der Waals surface area contributed by atoms with Crippen LogP contribution in [-0.2, 0) is 12.8 Å². The molecule has 4 rings (SSSR count). The molecule has 28 heavy (non-hydrogen) atoms. The number of rotatable bonds is 4. The average Bonchev–Trinajstić information content (AvgIpc) is 2.85. The molecule has 0 aliphatic carbocycles. The van der Waals surface area contributed by atoms with Gasteiger partial charge in [-0.15, -0.1) is 0 Å². The molecular weight excluding hydrogens is 397 g/mol. The van der Waals surface area contributed by atoms with Crippen molar-refractivity contribution in [1.82, 2.24) is 9.78 Å². The Morgan fingerprint density at radius 3 is 2.64 bits per heavy atom. The number of carbonyl (C=O) groups is 1. The fraction of sp³-hybridized carbons (Fsp3) is 0.238. The molecule has 0 saturated carbocycles. The number of anilines is 1. The number of aromatic carboxylic acids is 1. The molecule has 1 aromatic heterocycles. The predicted molar refractivity (Wildman–Crippen MR) is 111 cm³/mol. The van der Waals surface area contributed by atoms with Crippen molar-refractivity contribution >= 4 is 35.0 Å². The molecule has 3 aromatic rings. The quantitative estimate of drug-likeness (QED) is 0.612. The van der Waals surface area contributed by atoms with Crippen molar-refractivity contribution in [2.45, 2.75) is 25.7 Å². The van der Waals surface area contributed by atoms with Crippen molar-refractivity contribution in [3.63, 3.8) is 0 Å². The molecule has 1 aliphatic rings. The molecule has 1 aliphatic heterocycles. The Balaban J connectivity index is 1.76. The van der Waals surface area contributed by atoms with Crippen molar-refractivity contribution in [1.29, 1.82) is 0 Å². The Morgan fingerprint density at radius 1 is 1.14 bits per heavy atom. The third kappa shape index (κ3) is 3.73. The highest BCUT2D eigenvalue weighted by Crippen LogP contribution is 2.31. The molecule has 2 N–H and O–H groups in total. The second kappa shape index (κ2) is 7.86. The monoisotopic (exact) mass is 415 g/mol. The highest BCUT2D eigenvalue weighted by molar-refractivity contribution is 6.35. The van der Waals surface area contributed by atoms with Crippen molar-refractivity contribution in [3.8, 4) is 5.69 Å². The lowest BCUT2D eigenvalue weighted by Crippen LogP contribution is -2.07. The first-order valence-electron chi connectivity index (χ1n) is 9.15. The molecule has 144 valence electrons. The molecular formula is C21H19Cl2N3O2. The second-order valence-electron chi connectivity index (χ2n) is 6.83. The molecule has 0 amide bonds. The van der Waals surface area contributed by atoms with Crippen LogP contribution >= 0.6 is 23.2 Å². The number of benzene rings is 2. The zero-order chi connectivity index (χ0) is 19.7. The largest absolute Gasteiger partial charge is 0.478 e. The van der Waals surface area contributed by atoms with Gasteiger partial charge in [0.2, 0.25) is 0 Å². The van der Waals surface area contributed by atoms with E-state index in [1.807, 2.05) is 16.8 Å². The molecule has 0 saturated heterocycles. The highest BCUT2D eigenvalue weighted by Gasteiger charge is 2.21. The maximum Gasteiger partial charge on any atom is 0.335 e. The molecule has 0 atom stereocenters. The van der Waals surface area contributed by atoms with E-state index in [9.17, 15) is 4.79 Å². The maximum absolute atomic E-state index is 11.1. The van der Waals surface area contributed by atoms with E-state index in [1.165, 1.54) is 5.56 Å². The van der Waals surface area contributed by atoms with E-state index in [0.29, 0.717) is 16.5 Å². The number of halogens is 2. The number of hydrogen-bond donors (Lipinski definition) is 2. The van der Waals surface area contributed by atoms with Gasteiger partial charge in [-0.2, -0.15) is 5.10 Å². The normalized spacial score (nSPS) is 13.5. The summed E-state index contributed by atoms with van der Waals surface area (Å²) >= 11 is 12.4. The van der Waals surface area contributed by atoms with Gasteiger partial charge in [0.1, 0.15) is 5.82 Å². The van der Waals surface area contributed by atoms with E-state index in [1.54, 1.807) is 30.3 Å². The maximum atomic E-state index is 11.1. The summed E-state index contributed by atoms with van der Waals surface area (Å²) in [5, 5.41) is 18.7. The van der Waals surface area contributed by atoms with E-state index in [2.05, 4.69) is 5.32 Å². The van der Waals surface area contributed by atoms with E-state index < -0.39 is 5.97 Å². The topological polar surface area (TPSA) is 67.1 Å². The van der Waals surface area contributed by atoms with Crippen LogP contribution in [-0.4, -0.2) is 27.4 Å². The number of carboxylic acid groups (broad SMARTS) is 1. The highest BCUT2D eigenvalue weighted by atomic mass is 35.5. The van der Waals surface area contributed by atoms with Crippen LogP contribution in [0, 0.1) is 0 Å². The lowest BCUT2D eigenvalue weighted by Gasteiger charge is -2.09. The van der Waals surface area contributed by atoms with Crippen LogP contribution in [0.15, 0.2) is 42.5 Å². The Kier molecular flexibility index (Phi) is 5.29. The standard InChI is InChI=1S/C21H19Cl2N3O2/c22-15-7-4-14(18(23)12-15)11-19-17-3-1-2-10-24-20(17)26(25-19)16-8-5-13(6-9-16)21(27)28/h4-9,12,24H,1-3,10-11H2,(H,27,28). The van der Waals surface area contributed by atoms with E-state index >= 15 is 0 Å². The zero-order valence-electron chi connectivity index (χ0n) is 15.1. The fourth-order valence-corrected chi connectivity index (χ4v) is 3.97. The second-order valence-corrected chi connectivity index (χ2v) is 7.68. The van der Waals surface area contributed by atoms with Gasteiger partial charge in [-0.3, -0.25) is 0 Å². The van der Waals surface area contributed by atoms with Crippen molar-refractivity contribution in [2.75, 3.05) is 11.9 Å². The van der Waals surface area contributed by atoms with Crippen LogP contribution in [0.1, 0.15) is 40.0 Å². The summed E-state index contributed by atoms with van der Waals surface area (Å²) in [5.74, 6) is 0.0303. The first-order valence-corrected chi connectivity index (χ1v) is 9.91. The summed E-state index contributed by atoms with van der Waals surface area (Å²) in [6, 6.07) is 12.3. The van der Waals surface area contributed by atoms with Gasteiger partial charge in [0.25, 0.3) is 0 Å². The minimum Gasteiger partial charge on any atom is -0.478 e. The van der Waals surface area contributed by atoms with E-state index in [-0.39, 0.29) is 5.56 Å². The minimum atomic E-state index is -0.943. The van der Waals surface area contributed by atoms with Gasteiger partial charge in [0, 0.05) is 28.6 Å². The van der Waals surface area contributed by atoms with Crippen molar-refractivity contribution in [2.24, 2.45) is 0 Å². The average molecular weight is 416 g/mol. The smallest absolute Gasteiger partial charge is 0.335 e. The summed E-state index contributed by atoms with van der Waals surface area (Å²) in [4.78, 5) is 11.1. The summed E-state index contributed by atoms with van der Waals surface area (Å²) in [7, 11) is 0. The van der Waals surface area contributed by atoms with Crippen LogP contribution in [0.25, 0.3) is 5.69 Å². The predicted octanol–water partition coefficient (Wildman–Crippen LogP) is 5.22. The van der Waals surface area contributed by atoms with Crippen LogP contribution in [0.2, 0.25) is 10.0 Å². The molecule has 2 aromatic carbocycles. The van der Waals surface area contributed by atoms with Gasteiger partial charge in [0.05, 0.1) is 16.9 Å². The zero-order valence-corrected chi connectivity index (χ0v) is 16.6. The number of fused-ring (bicyclic) bond motifs is 1. The third-order valence-corrected chi connectivity index (χ3v) is 5.53. The molecule has 0 bridgehead atoms. The Hall–Kier alpha value is -2.50. The first kappa shape index (κ1) is 18.8. The lowest BCUT2D eigenvalue weighted by molar-refractivity contribution is 0.0697. The Labute approximate surface area is 172 Å². The van der Waals surface area contributed by atoms with E-state index in [4.69, 9.17) is 33.4 Å². The molecule has 5 nitrogen and oxygen atoms in total. The summed E-state index contributed by atoms with van der Waals surface area (Å²) in [6.45, 7) is 0.882. The fourth-order valence-electron chi connectivity index (χ4n) is 3.49. The molecule has 2 heterocycles. The number of nitrogens with one attached hydrogen (secondary N) is 1. The third-order valence-electron chi connectivity index (χ3n) is 4.94. The minimum absolute atomic E-state index is 0.253. The van der Waals surface area contributed by atoms with Gasteiger partial charge in [-0.25, -0.2) is 9.48 Å². The lowest BCUT2D eigenvalue weighted by atomic mass is 10.0. The number of aromatic nitrogens is 2. The molecule has 0 unspecified atom stereocenters. The van der Waals surface area contributed by atoms with Gasteiger partial charge >= 0.3 is 5.97 Å². The molecule has 0 spiro atoms. The van der Waals surface area contributed by atoms with Gasteiger partial charge < -0.3 is 10.4 Å². The number of hydrogen-bond acceptors (Lipinski definition) is 3. The first-order chi connectivity index (χ1) is 13.5. The SMILES string of the molecule is O=C(O)c1ccc(-n2nc(Cc3ccc(Cl)cc3Cl)c3c2NCCCC3)cc1. The van der Waals surface area contributed by atoms with Crippen LogP contribution in [0.3, 0.4) is 0 Å². The summed E-state index contributed by atoms with van der Waals surface area (Å²) in [6.07, 6.45) is 3.73. The van der Waals surface area contributed by atoms with Gasteiger partial charge in [0.15, 0.2) is 0 Å². The van der Waals surface area contributed by atoms with Crippen molar-refractivity contribution in [3.05, 3.63) is 74.9 Å². The molecule has 7 heteroatoms. The number of carboxylic acids is 1. The van der Waals surface area contributed by atoms with Gasteiger partial charge in [-0.1, -0.05) is 29.3 Å². The van der Waals surface area contributed by atoms with Crippen LogP contribution in [0.5, 0.6) is 0 Å². The number of nitrogens with zero attached hydrogens (tertiary/aromatic N) is 2. The van der Waals surface area contributed by atoms with Gasteiger partial charge in [-0.05, 0) is 61.2 Å². The van der Waals surface area contributed by atoms with Crippen LogP contribution in [0.4, 0.5) is 5.82 Å². The Morgan fingerprint density at radius 2 is 1.93 bits per heavy atom. The van der Waals surface area contributed by atoms with Crippen LogP contribution < -0.4 is 5.32 Å².